The van der Waals surface area contributed by atoms with E-state index in [1.165, 1.54) is 14.4 Å². The molecule has 2 aliphatic rings. The molecule has 8 nitrogen and oxygen atoms in total. The number of aromatic nitrogens is 6. The summed E-state index contributed by atoms with van der Waals surface area (Å²) in [6.07, 6.45) is 7.44. The SMILES string of the molecule is Cn1c(COc2cc(C(F)(F)F)ccn2)nnc1C1CCC(c2cnn(I3CCC(N)CC3)c2)CC1. The van der Waals surface area contributed by atoms with Gasteiger partial charge < -0.3 is 0 Å². The monoisotopic (exact) mass is 617 g/mol. The van der Waals surface area contributed by atoms with Crippen LogP contribution in [-0.2, 0) is 19.8 Å². The third-order valence-corrected chi connectivity index (χ3v) is 12.8. The third kappa shape index (κ3) is 5.68. The van der Waals surface area contributed by atoms with Crippen LogP contribution < -0.4 is 10.5 Å². The summed E-state index contributed by atoms with van der Waals surface area (Å²) in [4.78, 5) is 3.88. The molecule has 1 aliphatic carbocycles. The van der Waals surface area contributed by atoms with Crippen molar-refractivity contribution in [2.45, 2.75) is 69.2 Å². The van der Waals surface area contributed by atoms with Crippen LogP contribution in [0.2, 0.25) is 0 Å². The van der Waals surface area contributed by atoms with E-state index >= 15 is 0 Å². The Morgan fingerprint density at radius 1 is 1.08 bits per heavy atom. The van der Waals surface area contributed by atoms with E-state index in [1.54, 1.807) is 0 Å². The summed E-state index contributed by atoms with van der Waals surface area (Å²) in [6.45, 7) is 0.00277. The van der Waals surface area contributed by atoms with Crippen LogP contribution in [0.3, 0.4) is 0 Å². The van der Waals surface area contributed by atoms with Crippen LogP contribution >= 0.6 is 20.1 Å². The average Bonchev–Trinajstić information content (AvgIpc) is 3.50. The van der Waals surface area contributed by atoms with Gasteiger partial charge in [0.2, 0.25) is 5.88 Å². The van der Waals surface area contributed by atoms with Gasteiger partial charge in [-0.25, -0.2) is 4.98 Å². The van der Waals surface area contributed by atoms with Crippen LogP contribution in [0.1, 0.15) is 73.1 Å². The van der Waals surface area contributed by atoms with Crippen molar-refractivity contribution in [2.24, 2.45) is 12.8 Å². The molecule has 1 aliphatic heterocycles. The molecular formula is C24H31F3IN7O. The molecule has 3 aromatic heterocycles. The maximum atomic E-state index is 12.9. The number of ether oxygens (including phenoxy) is 1. The van der Waals surface area contributed by atoms with Gasteiger partial charge in [0.1, 0.15) is 0 Å². The number of pyridine rings is 1. The van der Waals surface area contributed by atoms with Gasteiger partial charge >= 0.3 is 168 Å². The molecule has 0 bridgehead atoms. The molecule has 1 saturated heterocycles. The normalized spacial score (nSPS) is 22.6. The number of nitrogens with two attached hydrogens (primary N) is 1. The predicted octanol–water partition coefficient (Wildman–Crippen LogP) is 4.84. The van der Waals surface area contributed by atoms with Crippen molar-refractivity contribution in [2.75, 3.05) is 8.86 Å². The molecule has 0 amide bonds. The Morgan fingerprint density at radius 2 is 1.81 bits per heavy atom. The minimum atomic E-state index is -4.44. The molecule has 0 spiro atoms. The van der Waals surface area contributed by atoms with Crippen molar-refractivity contribution in [3.05, 3.63) is 53.5 Å². The molecule has 0 radical (unpaired) electrons. The van der Waals surface area contributed by atoms with Crippen molar-refractivity contribution >= 4 is 20.1 Å². The van der Waals surface area contributed by atoms with Gasteiger partial charge in [0, 0.05) is 12.3 Å². The fraction of sp³-hybridized carbons (Fsp3) is 0.583. The van der Waals surface area contributed by atoms with Crippen molar-refractivity contribution in [3.8, 4) is 5.88 Å². The molecule has 2 N–H and O–H groups in total. The summed E-state index contributed by atoms with van der Waals surface area (Å²) in [5, 5.41) is 13.4. The predicted molar refractivity (Wildman–Crippen MR) is 137 cm³/mol. The quantitative estimate of drug-likeness (QED) is 0.315. The van der Waals surface area contributed by atoms with Crippen LogP contribution in [-0.4, -0.2) is 42.6 Å². The van der Waals surface area contributed by atoms with Gasteiger partial charge in [-0.1, -0.05) is 0 Å². The zero-order valence-corrected chi connectivity index (χ0v) is 22.3. The van der Waals surface area contributed by atoms with Crippen LogP contribution in [0, 0.1) is 0 Å². The number of nitrogens with zero attached hydrogens (tertiary/aromatic N) is 6. The average molecular weight is 617 g/mol. The molecule has 12 heteroatoms. The van der Waals surface area contributed by atoms with Crippen LogP contribution in [0.4, 0.5) is 13.2 Å². The van der Waals surface area contributed by atoms with E-state index < -0.39 is 31.8 Å². The summed E-state index contributed by atoms with van der Waals surface area (Å²) >= 11 is -1.22. The van der Waals surface area contributed by atoms with Gasteiger partial charge in [-0.05, 0) is 6.07 Å². The molecule has 5 rings (SSSR count). The van der Waals surface area contributed by atoms with Crippen LogP contribution in [0.5, 0.6) is 5.88 Å². The second-order valence-electron chi connectivity index (χ2n) is 9.56. The Kier molecular flexibility index (Phi) is 7.52. The van der Waals surface area contributed by atoms with Gasteiger partial charge in [0.05, 0.1) is 5.56 Å². The zero-order chi connectivity index (χ0) is 25.3. The minimum absolute atomic E-state index is 0.00277. The first-order valence-electron chi connectivity index (χ1n) is 12.2. The van der Waals surface area contributed by atoms with Crippen LogP contribution in [0.15, 0.2) is 30.7 Å². The Labute approximate surface area is 215 Å². The second kappa shape index (κ2) is 10.6. The number of hydrogen-bond acceptors (Lipinski definition) is 6. The Bertz CT molecular complexity index is 1160. The first-order valence-corrected chi connectivity index (χ1v) is 16.3. The summed E-state index contributed by atoms with van der Waals surface area (Å²) < 4.78 is 51.0. The number of alkyl halides is 5. The molecule has 1 saturated carbocycles. The van der Waals surface area contributed by atoms with Crippen molar-refractivity contribution < 1.29 is 17.9 Å². The molecule has 4 heterocycles. The van der Waals surface area contributed by atoms with E-state index in [2.05, 4.69) is 30.5 Å². The second-order valence-corrected chi connectivity index (χ2v) is 15.1. The summed E-state index contributed by atoms with van der Waals surface area (Å²) in [5.74, 6) is 2.18. The number of hydrogen-bond donors (Lipinski definition) is 1. The maximum absolute atomic E-state index is 12.9. The first-order chi connectivity index (χ1) is 17.3. The molecule has 2 fully saturated rings. The Balaban J connectivity index is 1.16. The first kappa shape index (κ1) is 25.4. The molecule has 0 unspecified atom stereocenters. The van der Waals surface area contributed by atoms with Crippen LogP contribution in [0.25, 0.3) is 0 Å². The van der Waals surface area contributed by atoms with Crippen molar-refractivity contribution in [1.82, 2.24) is 27.7 Å². The van der Waals surface area contributed by atoms with Gasteiger partial charge in [-0.15, -0.1) is 0 Å². The Hall–Kier alpha value is -2.22. The molecule has 196 valence electrons. The van der Waals surface area contributed by atoms with Crippen molar-refractivity contribution in [3.63, 3.8) is 0 Å². The van der Waals surface area contributed by atoms with Crippen molar-refractivity contribution in [1.29, 1.82) is 0 Å². The molecule has 0 atom stereocenters. The van der Waals surface area contributed by atoms with Gasteiger partial charge in [0.15, 0.2) is 0 Å². The fourth-order valence-electron chi connectivity index (χ4n) is 4.94. The molecular weight excluding hydrogens is 586 g/mol. The number of halogens is 4. The molecule has 0 aromatic carbocycles. The third-order valence-electron chi connectivity index (χ3n) is 7.19. The van der Waals surface area contributed by atoms with E-state index in [9.17, 15) is 13.2 Å². The van der Waals surface area contributed by atoms with E-state index in [0.29, 0.717) is 23.7 Å². The fourth-order valence-corrected chi connectivity index (χ4v) is 10.7. The van der Waals surface area contributed by atoms with E-state index in [1.807, 2.05) is 11.6 Å². The van der Waals surface area contributed by atoms with Gasteiger partial charge in [-0.2, -0.15) is 13.2 Å². The summed E-state index contributed by atoms with van der Waals surface area (Å²) in [7, 11) is 1.88. The zero-order valence-electron chi connectivity index (χ0n) is 20.2. The van der Waals surface area contributed by atoms with Gasteiger partial charge in [0.25, 0.3) is 0 Å². The van der Waals surface area contributed by atoms with Gasteiger partial charge in [-0.3, -0.25) is 0 Å². The topological polar surface area (TPSA) is 96.7 Å². The van der Waals surface area contributed by atoms with E-state index in [4.69, 9.17) is 15.6 Å². The standard InChI is InChI=1S/C24H31F3IN7O/c1-34-21(15-36-22-12-19(8-11-30-22)24(25,26)27)32-33-23(34)17-4-2-16(3-5-17)18-13-31-35(14-18)28-9-6-20(29)7-10-28/h8,11-14,16-17,20H,2-7,9-10,15,29H2,1H3. The summed E-state index contributed by atoms with van der Waals surface area (Å²) in [5.41, 5.74) is 6.63. The molecule has 3 aromatic rings. The summed E-state index contributed by atoms with van der Waals surface area (Å²) in [6, 6.07) is 2.18. The number of rotatable bonds is 6. The molecule has 36 heavy (non-hydrogen) atoms. The van der Waals surface area contributed by atoms with E-state index in [-0.39, 0.29) is 12.5 Å². The van der Waals surface area contributed by atoms with E-state index in [0.717, 1.165) is 62.7 Å². The Morgan fingerprint density at radius 3 is 2.53 bits per heavy atom.